The molecule has 0 radical (unpaired) electrons. The molecule has 114 valence electrons. The van der Waals surface area contributed by atoms with E-state index in [1.165, 1.54) is 16.2 Å². The van der Waals surface area contributed by atoms with Gasteiger partial charge < -0.3 is 15.7 Å². The summed E-state index contributed by atoms with van der Waals surface area (Å²) in [6, 6.07) is -0.536. The highest BCUT2D eigenvalue weighted by molar-refractivity contribution is 7.15. The molecule has 1 aromatic heterocycles. The minimum Gasteiger partial charge on any atom is -0.480 e. The normalized spacial score (nSPS) is 13.1. The lowest BCUT2D eigenvalue weighted by atomic mass is 10.0. The second-order valence-electron chi connectivity index (χ2n) is 4.57. The first-order valence-corrected chi connectivity index (χ1v) is 7.38. The van der Waals surface area contributed by atoms with E-state index in [2.05, 4.69) is 20.9 Å². The molecule has 0 fully saturated rings. The number of aromatic nitrogens is 1. The van der Waals surface area contributed by atoms with E-state index in [0.717, 1.165) is 31.4 Å². The summed E-state index contributed by atoms with van der Waals surface area (Å²) in [6.07, 6.45) is 4.19. The number of fused-ring (bicyclic) bond motifs is 1. The highest BCUT2D eigenvalue weighted by Gasteiger charge is 2.16. The summed E-state index contributed by atoms with van der Waals surface area (Å²) in [7, 11) is 0. The van der Waals surface area contributed by atoms with Crippen molar-refractivity contribution in [1.29, 1.82) is 0 Å². The average molecular weight is 312 g/mol. The number of carboxylic acids is 1. The fourth-order valence-electron chi connectivity index (χ4n) is 1.94. The van der Waals surface area contributed by atoms with Gasteiger partial charge in [0.2, 0.25) is 5.91 Å². The molecule has 0 aromatic carbocycles. The van der Waals surface area contributed by atoms with Crippen molar-refractivity contribution in [3.63, 3.8) is 0 Å². The average Bonchev–Trinajstić information content (AvgIpc) is 2.84. The number of urea groups is 1. The number of hydrogen-bond acceptors (Lipinski definition) is 5. The topological polar surface area (TPSA) is 120 Å². The summed E-state index contributed by atoms with van der Waals surface area (Å²) >= 11 is 1.45. The first kappa shape index (κ1) is 15.2. The third-order valence-electron chi connectivity index (χ3n) is 2.91. The summed E-state index contributed by atoms with van der Waals surface area (Å²) in [6.45, 7) is -0.758. The van der Waals surface area contributed by atoms with Crippen LogP contribution in [0.5, 0.6) is 0 Å². The summed E-state index contributed by atoms with van der Waals surface area (Å²) < 4.78 is 0. The van der Waals surface area contributed by atoms with Crippen LogP contribution < -0.4 is 16.0 Å². The Hall–Kier alpha value is -2.16. The van der Waals surface area contributed by atoms with Crippen molar-refractivity contribution in [2.24, 2.45) is 0 Å². The summed E-state index contributed by atoms with van der Waals surface area (Å²) in [4.78, 5) is 38.7. The molecule has 1 aliphatic carbocycles. The van der Waals surface area contributed by atoms with E-state index >= 15 is 0 Å². The van der Waals surface area contributed by atoms with Crippen LogP contribution in [0.2, 0.25) is 0 Å². The highest BCUT2D eigenvalue weighted by atomic mass is 32.1. The Morgan fingerprint density at radius 1 is 1.14 bits per heavy atom. The van der Waals surface area contributed by atoms with Crippen LogP contribution in [0.25, 0.3) is 0 Å². The van der Waals surface area contributed by atoms with Crippen LogP contribution >= 0.6 is 11.3 Å². The number of carbonyl (C=O) groups is 3. The molecule has 8 nitrogen and oxygen atoms in total. The minimum atomic E-state index is -1.14. The van der Waals surface area contributed by atoms with Gasteiger partial charge >= 0.3 is 12.0 Å². The first-order chi connectivity index (χ1) is 10.0. The number of aliphatic carboxylic acids is 1. The molecule has 2 rings (SSSR count). The molecule has 0 saturated heterocycles. The fourth-order valence-corrected chi connectivity index (χ4v) is 2.99. The number of amides is 3. The second-order valence-corrected chi connectivity index (χ2v) is 5.66. The maximum atomic E-state index is 11.6. The molecule has 0 unspecified atom stereocenters. The summed E-state index contributed by atoms with van der Waals surface area (Å²) in [5, 5.41) is 16.0. The number of nitrogens with one attached hydrogen (secondary N) is 3. The van der Waals surface area contributed by atoms with Gasteiger partial charge in [-0.15, -0.1) is 11.3 Å². The number of rotatable bonds is 5. The smallest absolute Gasteiger partial charge is 0.322 e. The third kappa shape index (κ3) is 4.71. The Labute approximate surface area is 124 Å². The Bertz CT molecular complexity index is 534. The van der Waals surface area contributed by atoms with E-state index in [1.54, 1.807) is 0 Å². The molecule has 3 amide bonds. The molecular formula is C12H16N4O4S. The Morgan fingerprint density at radius 2 is 1.90 bits per heavy atom. The Morgan fingerprint density at radius 3 is 2.62 bits per heavy atom. The van der Waals surface area contributed by atoms with E-state index in [4.69, 9.17) is 5.11 Å². The van der Waals surface area contributed by atoms with Crippen molar-refractivity contribution >= 4 is 34.4 Å². The molecule has 1 aliphatic rings. The van der Waals surface area contributed by atoms with E-state index in [-0.39, 0.29) is 6.54 Å². The molecule has 1 aromatic rings. The van der Waals surface area contributed by atoms with Gasteiger partial charge in [-0.2, -0.15) is 0 Å². The van der Waals surface area contributed by atoms with Crippen LogP contribution in [0.1, 0.15) is 23.4 Å². The van der Waals surface area contributed by atoms with Crippen molar-refractivity contribution in [1.82, 2.24) is 15.6 Å². The quantitative estimate of drug-likeness (QED) is 0.625. The van der Waals surface area contributed by atoms with Gasteiger partial charge in [0.25, 0.3) is 0 Å². The van der Waals surface area contributed by atoms with Gasteiger partial charge in [-0.25, -0.2) is 9.78 Å². The van der Waals surface area contributed by atoms with Crippen LogP contribution in [-0.2, 0) is 22.4 Å². The predicted molar refractivity (Wildman–Crippen MR) is 76.4 cm³/mol. The number of hydrogen-bond donors (Lipinski definition) is 4. The van der Waals surface area contributed by atoms with Crippen molar-refractivity contribution < 1.29 is 19.5 Å². The van der Waals surface area contributed by atoms with Crippen LogP contribution in [0, 0.1) is 0 Å². The van der Waals surface area contributed by atoms with Gasteiger partial charge in [-0.1, -0.05) is 0 Å². The zero-order valence-corrected chi connectivity index (χ0v) is 12.1. The van der Waals surface area contributed by atoms with E-state index in [9.17, 15) is 14.4 Å². The van der Waals surface area contributed by atoms with Gasteiger partial charge in [-0.05, 0) is 25.7 Å². The van der Waals surface area contributed by atoms with Crippen LogP contribution in [-0.4, -0.2) is 41.1 Å². The largest absolute Gasteiger partial charge is 0.480 e. The van der Waals surface area contributed by atoms with Crippen LogP contribution in [0.4, 0.5) is 9.93 Å². The molecule has 0 atom stereocenters. The summed E-state index contributed by atoms with van der Waals surface area (Å²) in [5.41, 5.74) is 1.04. The highest BCUT2D eigenvalue weighted by Crippen LogP contribution is 2.29. The van der Waals surface area contributed by atoms with E-state index < -0.39 is 24.5 Å². The lowest BCUT2D eigenvalue weighted by Gasteiger charge is -2.06. The van der Waals surface area contributed by atoms with Gasteiger partial charge in [0.1, 0.15) is 6.54 Å². The predicted octanol–water partition coefficient (Wildman–Crippen LogP) is 0.344. The maximum absolute atomic E-state index is 11.6. The Balaban J connectivity index is 1.75. The van der Waals surface area contributed by atoms with Crippen LogP contribution in [0.3, 0.4) is 0 Å². The number of anilines is 1. The number of thiazole rings is 1. The Kier molecular flexibility index (Phi) is 5.09. The minimum absolute atomic E-state index is 0.287. The number of carbonyl (C=O) groups excluding carboxylic acids is 2. The lowest BCUT2D eigenvalue weighted by molar-refractivity contribution is -0.137. The molecule has 1 heterocycles. The zero-order chi connectivity index (χ0) is 15.2. The monoisotopic (exact) mass is 312 g/mol. The van der Waals surface area contributed by atoms with E-state index in [0.29, 0.717) is 5.13 Å². The zero-order valence-electron chi connectivity index (χ0n) is 11.3. The van der Waals surface area contributed by atoms with Gasteiger partial charge in [0, 0.05) is 4.88 Å². The van der Waals surface area contributed by atoms with Crippen molar-refractivity contribution in [2.75, 3.05) is 18.4 Å². The van der Waals surface area contributed by atoms with Gasteiger partial charge in [0.05, 0.1) is 12.2 Å². The third-order valence-corrected chi connectivity index (χ3v) is 3.99. The second kappa shape index (κ2) is 7.02. The molecule has 4 N–H and O–H groups in total. The fraction of sp³-hybridized carbons (Fsp3) is 0.500. The number of aryl methyl sites for hydroxylation is 2. The van der Waals surface area contributed by atoms with Gasteiger partial charge in [0.15, 0.2) is 5.13 Å². The SMILES string of the molecule is O=C(O)CNC(=O)CNC(=O)Nc1nc2c(s1)CCCC2. The van der Waals surface area contributed by atoms with E-state index in [1.807, 2.05) is 0 Å². The molecule has 0 aliphatic heterocycles. The number of carboxylic acid groups (broad SMARTS) is 1. The molecular weight excluding hydrogens is 296 g/mol. The first-order valence-electron chi connectivity index (χ1n) is 6.56. The molecule has 21 heavy (non-hydrogen) atoms. The van der Waals surface area contributed by atoms with Crippen molar-refractivity contribution in [3.05, 3.63) is 10.6 Å². The standard InChI is InChI=1S/C12H16N4O4S/c17-9(13-6-10(18)19)5-14-11(20)16-12-15-7-3-1-2-4-8(7)21-12/h1-6H2,(H,13,17)(H,18,19)(H2,14,15,16,20). The summed E-state index contributed by atoms with van der Waals surface area (Å²) in [5.74, 6) is -1.70. The molecule has 0 saturated carbocycles. The van der Waals surface area contributed by atoms with Crippen molar-refractivity contribution in [3.8, 4) is 0 Å². The maximum Gasteiger partial charge on any atom is 0.322 e. The lowest BCUT2D eigenvalue weighted by Crippen LogP contribution is -2.40. The molecule has 0 bridgehead atoms. The van der Waals surface area contributed by atoms with Crippen LogP contribution in [0.15, 0.2) is 0 Å². The number of nitrogens with zero attached hydrogens (tertiary/aromatic N) is 1. The van der Waals surface area contributed by atoms with Gasteiger partial charge in [-0.3, -0.25) is 14.9 Å². The molecule has 0 spiro atoms. The molecule has 9 heteroatoms. The van der Waals surface area contributed by atoms with Crippen molar-refractivity contribution in [2.45, 2.75) is 25.7 Å².